The molecule has 3 nitrogen and oxygen atoms in total. The second-order valence-corrected chi connectivity index (χ2v) is 5.30. The molecule has 0 saturated carbocycles. The number of nitrogens with two attached hydrogens (primary N) is 1. The van der Waals surface area contributed by atoms with E-state index in [1.807, 2.05) is 0 Å². The minimum Gasteiger partial charge on any atom is -0.397 e. The van der Waals surface area contributed by atoms with E-state index in [-0.39, 0.29) is 16.4 Å². The van der Waals surface area contributed by atoms with E-state index >= 15 is 0 Å². The molecular weight excluding hydrogens is 293 g/mol. The molecule has 0 unspecified atom stereocenters. The second-order valence-electron chi connectivity index (χ2n) is 4.89. The van der Waals surface area contributed by atoms with E-state index in [0.29, 0.717) is 12.5 Å². The summed E-state index contributed by atoms with van der Waals surface area (Å²) in [4.78, 5) is 0. The zero-order chi connectivity index (χ0) is 14.8. The normalized spacial score (nSPS) is 16.0. The Balaban J connectivity index is 1.95. The van der Waals surface area contributed by atoms with Gasteiger partial charge in [0, 0.05) is 12.5 Å². The number of anilines is 2. The number of hydrogen-bond acceptors (Lipinski definition) is 3. The molecule has 1 fully saturated rings. The lowest BCUT2D eigenvalue weighted by atomic mass is 10.0. The molecule has 2 rings (SSSR count). The van der Waals surface area contributed by atoms with Crippen LogP contribution in [0.4, 0.5) is 24.5 Å². The molecule has 0 amide bonds. The molecule has 0 spiro atoms. The van der Waals surface area contributed by atoms with Crippen molar-refractivity contribution in [1.29, 1.82) is 0 Å². The molecule has 0 aromatic heterocycles. The minimum absolute atomic E-state index is 0.218. The SMILES string of the molecule is Nc1cc(Cl)c(C(F)(F)F)cc1NCCCC1COC1. The highest BCUT2D eigenvalue weighted by Gasteiger charge is 2.33. The molecule has 112 valence electrons. The van der Waals surface area contributed by atoms with Gasteiger partial charge in [0.2, 0.25) is 0 Å². The van der Waals surface area contributed by atoms with Gasteiger partial charge in [0.15, 0.2) is 0 Å². The maximum Gasteiger partial charge on any atom is 0.417 e. The number of rotatable bonds is 5. The topological polar surface area (TPSA) is 47.3 Å². The van der Waals surface area contributed by atoms with Gasteiger partial charge < -0.3 is 15.8 Å². The maximum atomic E-state index is 12.7. The number of ether oxygens (including phenoxy) is 1. The number of alkyl halides is 3. The first-order valence-corrected chi connectivity index (χ1v) is 6.73. The lowest BCUT2D eigenvalue weighted by molar-refractivity contribution is -0.137. The summed E-state index contributed by atoms with van der Waals surface area (Å²) in [5.74, 6) is 0.574. The van der Waals surface area contributed by atoms with Crippen LogP contribution in [-0.2, 0) is 10.9 Å². The summed E-state index contributed by atoms with van der Waals surface area (Å²) >= 11 is 5.57. The van der Waals surface area contributed by atoms with Crippen molar-refractivity contribution >= 4 is 23.0 Å². The van der Waals surface area contributed by atoms with Gasteiger partial charge >= 0.3 is 6.18 Å². The molecule has 3 N–H and O–H groups in total. The fourth-order valence-corrected chi connectivity index (χ4v) is 2.30. The van der Waals surface area contributed by atoms with Crippen molar-refractivity contribution in [2.75, 3.05) is 30.8 Å². The molecule has 0 atom stereocenters. The molecule has 0 aliphatic carbocycles. The zero-order valence-corrected chi connectivity index (χ0v) is 11.5. The van der Waals surface area contributed by atoms with Gasteiger partial charge in [0.1, 0.15) is 0 Å². The molecule has 1 aromatic rings. The predicted octanol–water partition coefficient (Wildman–Crippen LogP) is 3.78. The summed E-state index contributed by atoms with van der Waals surface area (Å²) in [5.41, 5.74) is 5.29. The van der Waals surface area contributed by atoms with Gasteiger partial charge in [-0.3, -0.25) is 0 Å². The third kappa shape index (κ3) is 3.70. The molecule has 0 radical (unpaired) electrons. The van der Waals surface area contributed by atoms with Crippen LogP contribution < -0.4 is 11.1 Å². The first kappa shape index (κ1) is 15.3. The summed E-state index contributed by atoms with van der Waals surface area (Å²) in [5, 5.41) is 2.55. The average Bonchev–Trinajstić information content (AvgIpc) is 2.27. The van der Waals surface area contributed by atoms with Crippen LogP contribution in [0.5, 0.6) is 0 Å². The summed E-state index contributed by atoms with van der Waals surface area (Å²) in [6, 6.07) is 2.09. The Labute approximate surface area is 120 Å². The van der Waals surface area contributed by atoms with E-state index in [4.69, 9.17) is 22.1 Å². The maximum absolute atomic E-state index is 12.7. The van der Waals surface area contributed by atoms with E-state index in [9.17, 15) is 13.2 Å². The summed E-state index contributed by atoms with van der Waals surface area (Å²) < 4.78 is 43.3. The molecular formula is C13H16ClF3N2O. The van der Waals surface area contributed by atoms with Crippen LogP contribution in [0.3, 0.4) is 0 Å². The number of nitrogen functional groups attached to an aromatic ring is 1. The van der Waals surface area contributed by atoms with Crippen LogP contribution in [-0.4, -0.2) is 19.8 Å². The highest BCUT2D eigenvalue weighted by molar-refractivity contribution is 6.31. The lowest BCUT2D eigenvalue weighted by Crippen LogP contribution is -2.27. The number of benzene rings is 1. The van der Waals surface area contributed by atoms with Crippen molar-refractivity contribution in [2.45, 2.75) is 19.0 Å². The molecule has 7 heteroatoms. The monoisotopic (exact) mass is 308 g/mol. The van der Waals surface area contributed by atoms with Gasteiger partial charge in [-0.25, -0.2) is 0 Å². The van der Waals surface area contributed by atoms with Crippen LogP contribution in [0.15, 0.2) is 12.1 Å². The van der Waals surface area contributed by atoms with Crippen LogP contribution in [0.25, 0.3) is 0 Å². The molecule has 0 bridgehead atoms. The molecule has 1 aromatic carbocycles. The third-order valence-corrected chi connectivity index (χ3v) is 3.57. The van der Waals surface area contributed by atoms with E-state index in [0.717, 1.165) is 38.2 Å². The van der Waals surface area contributed by atoms with Crippen LogP contribution in [0.1, 0.15) is 18.4 Å². The van der Waals surface area contributed by atoms with Gasteiger partial charge in [0.25, 0.3) is 0 Å². The van der Waals surface area contributed by atoms with E-state index in [1.54, 1.807) is 0 Å². The van der Waals surface area contributed by atoms with E-state index < -0.39 is 11.7 Å². The number of halogens is 4. The van der Waals surface area contributed by atoms with Gasteiger partial charge in [-0.05, 0) is 25.0 Å². The van der Waals surface area contributed by atoms with Crippen LogP contribution in [0.2, 0.25) is 5.02 Å². The van der Waals surface area contributed by atoms with Crippen molar-refractivity contribution in [1.82, 2.24) is 0 Å². The Bertz CT molecular complexity index is 475. The molecule has 1 aliphatic rings. The van der Waals surface area contributed by atoms with Crippen molar-refractivity contribution in [3.8, 4) is 0 Å². The molecule has 20 heavy (non-hydrogen) atoms. The van der Waals surface area contributed by atoms with Crippen molar-refractivity contribution in [3.63, 3.8) is 0 Å². The van der Waals surface area contributed by atoms with Gasteiger partial charge in [0.05, 0.1) is 35.2 Å². The fraction of sp³-hybridized carbons (Fsp3) is 0.538. The van der Waals surface area contributed by atoms with Crippen LogP contribution >= 0.6 is 11.6 Å². The summed E-state index contributed by atoms with van der Waals surface area (Å²) in [6.45, 7) is 2.13. The Morgan fingerprint density at radius 3 is 2.60 bits per heavy atom. The van der Waals surface area contributed by atoms with Crippen molar-refractivity contribution in [3.05, 3.63) is 22.7 Å². The third-order valence-electron chi connectivity index (χ3n) is 3.26. The lowest BCUT2D eigenvalue weighted by Gasteiger charge is -2.25. The van der Waals surface area contributed by atoms with E-state index in [1.165, 1.54) is 0 Å². The van der Waals surface area contributed by atoms with E-state index in [2.05, 4.69) is 5.32 Å². The van der Waals surface area contributed by atoms with Gasteiger partial charge in [-0.1, -0.05) is 11.6 Å². The number of nitrogens with one attached hydrogen (secondary N) is 1. The first-order valence-electron chi connectivity index (χ1n) is 6.35. The highest BCUT2D eigenvalue weighted by Crippen LogP contribution is 2.38. The van der Waals surface area contributed by atoms with Crippen molar-refractivity contribution < 1.29 is 17.9 Å². The predicted molar refractivity (Wildman–Crippen MR) is 72.9 cm³/mol. The Morgan fingerprint density at radius 2 is 2.05 bits per heavy atom. The Kier molecular flexibility index (Phi) is 4.65. The van der Waals surface area contributed by atoms with Gasteiger partial charge in [-0.15, -0.1) is 0 Å². The second kappa shape index (κ2) is 6.10. The Morgan fingerprint density at radius 1 is 1.35 bits per heavy atom. The molecule has 1 aliphatic heterocycles. The number of hydrogen-bond donors (Lipinski definition) is 2. The molecule has 1 saturated heterocycles. The molecule has 1 heterocycles. The fourth-order valence-electron chi connectivity index (χ4n) is 2.02. The zero-order valence-electron chi connectivity index (χ0n) is 10.8. The minimum atomic E-state index is -4.48. The Hall–Kier alpha value is -1.14. The smallest absolute Gasteiger partial charge is 0.397 e. The quantitative estimate of drug-likeness (QED) is 0.643. The van der Waals surface area contributed by atoms with Crippen LogP contribution in [0, 0.1) is 5.92 Å². The highest BCUT2D eigenvalue weighted by atomic mass is 35.5. The summed E-state index contributed by atoms with van der Waals surface area (Å²) in [6.07, 6.45) is -2.63. The van der Waals surface area contributed by atoms with Crippen molar-refractivity contribution in [2.24, 2.45) is 5.92 Å². The largest absolute Gasteiger partial charge is 0.417 e. The summed E-state index contributed by atoms with van der Waals surface area (Å²) in [7, 11) is 0. The van der Waals surface area contributed by atoms with Gasteiger partial charge in [-0.2, -0.15) is 13.2 Å². The first-order chi connectivity index (χ1) is 9.38. The standard InChI is InChI=1S/C13H16ClF3N2O/c14-10-5-11(18)12(4-9(10)13(15,16)17)19-3-1-2-8-6-20-7-8/h4-5,8,19H,1-3,6-7,18H2. The average molecular weight is 309 g/mol.